The molecule has 0 aliphatic carbocycles. The molecule has 8 heteroatoms. The molecule has 1 atom stereocenters. The smallest absolute Gasteiger partial charge is 0.264 e. The van der Waals surface area contributed by atoms with Crippen LogP contribution < -0.4 is 0 Å². The van der Waals surface area contributed by atoms with Gasteiger partial charge in [0.15, 0.2) is 11.8 Å². The monoisotopic (exact) mass is 195 g/mol. The van der Waals surface area contributed by atoms with E-state index in [1.165, 1.54) is 0 Å². The summed E-state index contributed by atoms with van der Waals surface area (Å²) in [6.07, 6.45) is 0. The van der Waals surface area contributed by atoms with Crippen LogP contribution in [0.1, 0.15) is 0 Å². The Balaban J connectivity index is 0. The lowest BCUT2D eigenvalue weighted by Gasteiger charge is -1.68. The van der Waals surface area contributed by atoms with Crippen molar-refractivity contribution in [2.45, 2.75) is 0 Å². The van der Waals surface area contributed by atoms with E-state index in [0.717, 1.165) is 0 Å². The second kappa shape index (κ2) is 5.87. The third-order valence-corrected chi connectivity index (χ3v) is 0. The summed E-state index contributed by atoms with van der Waals surface area (Å²) >= 11 is 7.92. The highest BCUT2D eigenvalue weighted by atomic mass is 32.9. The third-order valence-electron chi connectivity index (χ3n) is 0. The number of rotatable bonds is 0. The van der Waals surface area contributed by atoms with Crippen LogP contribution >= 0.6 is 18.8 Å². The highest BCUT2D eigenvalue weighted by Gasteiger charge is 1.84. The minimum atomic E-state index is -4.67. The molecule has 50 valence electrons. The van der Waals surface area contributed by atoms with Gasteiger partial charge >= 0.3 is 10.4 Å². The normalized spacial score (nSPS) is 9.88. The largest absolute Gasteiger partial charge is 0.394 e. The highest BCUT2D eigenvalue weighted by Crippen LogP contribution is 1.91. The van der Waals surface area contributed by atoms with Crippen molar-refractivity contribution >= 4 is 41.0 Å². The lowest BCUT2D eigenvalue weighted by molar-refractivity contribution is 0.381. The summed E-state index contributed by atoms with van der Waals surface area (Å²) in [5.74, 6) is 0. The standard InChI is InChI=1S/H2O4S.HPS2/c1-5(2,3)4;2-1-3/h(H2,1,2,3,4);(H,2,3)/p+1. The molecule has 0 saturated carbocycles. The lowest BCUT2D eigenvalue weighted by atomic mass is 15.8. The zero-order chi connectivity index (χ0) is 7.21. The number of hydrogen-bond donors (Lipinski definition) is 3. The maximum absolute atomic E-state index is 8.74. The first kappa shape index (κ1) is 11.5. The third kappa shape index (κ3) is 406. The fraction of sp³-hybridized carbons (Fsp3) is 0. The molecule has 0 aliphatic rings. The average molecular weight is 195 g/mol. The van der Waals surface area contributed by atoms with Gasteiger partial charge in [-0.05, 0) is 0 Å². The summed E-state index contributed by atoms with van der Waals surface area (Å²) in [5.41, 5.74) is 0. The molecule has 0 aliphatic heterocycles. The van der Waals surface area contributed by atoms with Crippen LogP contribution in [0.4, 0.5) is 0 Å². The Bertz CT molecular complexity index is 125. The van der Waals surface area contributed by atoms with E-state index in [2.05, 4.69) is 24.1 Å². The van der Waals surface area contributed by atoms with E-state index in [0.29, 0.717) is 6.56 Å². The van der Waals surface area contributed by atoms with Crippen LogP contribution in [0.15, 0.2) is 0 Å². The van der Waals surface area contributed by atoms with Crippen LogP contribution in [0.3, 0.4) is 0 Å². The molecule has 2 N–H and O–H groups in total. The van der Waals surface area contributed by atoms with Gasteiger partial charge in [-0.25, -0.2) is 0 Å². The van der Waals surface area contributed by atoms with Gasteiger partial charge in [-0.1, -0.05) is 0 Å². The van der Waals surface area contributed by atoms with Crippen molar-refractivity contribution in [3.8, 4) is 0 Å². The Morgan fingerprint density at radius 1 is 1.50 bits per heavy atom. The maximum Gasteiger partial charge on any atom is 0.394 e. The van der Waals surface area contributed by atoms with Gasteiger partial charge in [-0.15, -0.1) is 0 Å². The molecule has 0 aromatic rings. The molecule has 0 fully saturated rings. The summed E-state index contributed by atoms with van der Waals surface area (Å²) in [6, 6.07) is 0. The van der Waals surface area contributed by atoms with Crippen LogP contribution in [-0.4, -0.2) is 17.5 Å². The quantitative estimate of drug-likeness (QED) is 0.295. The molecule has 0 heterocycles. The Morgan fingerprint density at radius 3 is 1.50 bits per heavy atom. The maximum atomic E-state index is 8.74. The van der Waals surface area contributed by atoms with Crippen molar-refractivity contribution < 1.29 is 17.5 Å². The molecule has 0 bridgehead atoms. The van der Waals surface area contributed by atoms with E-state index in [9.17, 15) is 0 Å². The molecule has 8 heavy (non-hydrogen) atoms. The molecule has 0 saturated heterocycles. The van der Waals surface area contributed by atoms with Gasteiger partial charge in [0.1, 0.15) is 0 Å². The fourth-order valence-electron chi connectivity index (χ4n) is 0. The predicted octanol–water partition coefficient (Wildman–Crippen LogP) is 0.319. The van der Waals surface area contributed by atoms with Gasteiger partial charge in [-0.3, -0.25) is 9.11 Å². The number of hydrogen-bond acceptors (Lipinski definition) is 3. The van der Waals surface area contributed by atoms with Crippen molar-refractivity contribution in [1.29, 1.82) is 0 Å². The lowest BCUT2D eigenvalue weighted by Crippen LogP contribution is -1.89. The zero-order valence-corrected chi connectivity index (χ0v) is 7.00. The average Bonchev–Trinajstić information content (AvgIpc) is 1.27. The zero-order valence-electron chi connectivity index (χ0n) is 3.47. The Morgan fingerprint density at radius 2 is 1.50 bits per heavy atom. The summed E-state index contributed by atoms with van der Waals surface area (Å²) in [6.45, 7) is 0.361. The Hall–Kier alpha value is 0.740. The van der Waals surface area contributed by atoms with Crippen LogP contribution in [0.25, 0.3) is 0 Å². The van der Waals surface area contributed by atoms with E-state index in [-0.39, 0.29) is 0 Å². The van der Waals surface area contributed by atoms with Gasteiger partial charge < -0.3 is 0 Å². The first-order valence-electron chi connectivity index (χ1n) is 1.13. The summed E-state index contributed by atoms with van der Waals surface area (Å²) < 4.78 is 31.6. The summed E-state index contributed by atoms with van der Waals surface area (Å²) in [5, 5.41) is 0. The molecule has 0 rings (SSSR count). The van der Waals surface area contributed by atoms with Gasteiger partial charge in [0.2, 0.25) is 6.56 Å². The molecule has 0 radical (unpaired) electrons. The molecule has 0 aromatic heterocycles. The molecular formula is H4O4PS3+. The minimum Gasteiger partial charge on any atom is -0.264 e. The van der Waals surface area contributed by atoms with E-state index >= 15 is 0 Å². The molecule has 0 spiro atoms. The SMILES string of the molecule is O=S(=O)(O)O.S=[PH+]S. The van der Waals surface area contributed by atoms with Gasteiger partial charge in [0.05, 0.1) is 12.2 Å². The van der Waals surface area contributed by atoms with Crippen LogP contribution in [0.5, 0.6) is 0 Å². The van der Waals surface area contributed by atoms with E-state index < -0.39 is 10.4 Å². The second-order valence-electron chi connectivity index (χ2n) is 0.539. The van der Waals surface area contributed by atoms with Crippen molar-refractivity contribution in [2.75, 3.05) is 0 Å². The molecular weight excluding hydrogens is 191 g/mol. The predicted molar refractivity (Wildman–Crippen MR) is 38.8 cm³/mol. The molecule has 0 aromatic carbocycles. The molecule has 4 nitrogen and oxygen atoms in total. The highest BCUT2D eigenvalue weighted by molar-refractivity contribution is 8.49. The summed E-state index contributed by atoms with van der Waals surface area (Å²) in [7, 11) is -4.67. The van der Waals surface area contributed by atoms with E-state index in [1.807, 2.05) is 0 Å². The van der Waals surface area contributed by atoms with Crippen LogP contribution in [0, 0.1) is 0 Å². The fourth-order valence-corrected chi connectivity index (χ4v) is 0. The minimum absolute atomic E-state index is 0.361. The Labute approximate surface area is 58.9 Å². The molecule has 1 unspecified atom stereocenters. The topological polar surface area (TPSA) is 74.6 Å². The van der Waals surface area contributed by atoms with E-state index in [1.54, 1.807) is 0 Å². The second-order valence-corrected chi connectivity index (χ2v) is 3.81. The van der Waals surface area contributed by atoms with Gasteiger partial charge in [0.25, 0.3) is 0 Å². The first-order valence-corrected chi connectivity index (χ1v) is 5.95. The molecule has 0 amide bonds. The first-order chi connectivity index (χ1) is 3.41. The van der Waals surface area contributed by atoms with Crippen molar-refractivity contribution in [3.05, 3.63) is 0 Å². The van der Waals surface area contributed by atoms with Crippen molar-refractivity contribution in [3.63, 3.8) is 0 Å². The van der Waals surface area contributed by atoms with Gasteiger partial charge in [0, 0.05) is 0 Å². The Kier molecular flexibility index (Phi) is 8.46. The number of thiol groups is 1. The van der Waals surface area contributed by atoms with Crippen molar-refractivity contribution in [1.82, 2.24) is 0 Å². The van der Waals surface area contributed by atoms with Crippen LogP contribution in [0.2, 0.25) is 0 Å². The van der Waals surface area contributed by atoms with Crippen molar-refractivity contribution in [2.24, 2.45) is 0 Å². The van der Waals surface area contributed by atoms with Crippen LogP contribution in [-0.2, 0) is 22.2 Å². The van der Waals surface area contributed by atoms with Gasteiger partial charge in [-0.2, -0.15) is 8.42 Å². The van der Waals surface area contributed by atoms with E-state index in [4.69, 9.17) is 17.5 Å². The summed E-state index contributed by atoms with van der Waals surface area (Å²) in [4.78, 5) is 0.